The average molecular weight is 485 g/mol. The van der Waals surface area contributed by atoms with E-state index in [9.17, 15) is 10.2 Å². The summed E-state index contributed by atoms with van der Waals surface area (Å²) in [6.45, 7) is 7.75. The molecule has 8 nitrogen and oxygen atoms in total. The number of rotatable bonds is 8. The van der Waals surface area contributed by atoms with Crippen LogP contribution >= 0.6 is 0 Å². The van der Waals surface area contributed by atoms with E-state index in [0.717, 1.165) is 68.8 Å². The van der Waals surface area contributed by atoms with E-state index in [1.54, 1.807) is 0 Å². The summed E-state index contributed by atoms with van der Waals surface area (Å²) >= 11 is 0. The van der Waals surface area contributed by atoms with Crippen molar-refractivity contribution in [3.63, 3.8) is 0 Å². The summed E-state index contributed by atoms with van der Waals surface area (Å²) in [5.74, 6) is 1.35. The number of nitrogens with two attached hydrogens (primary N) is 2. The third-order valence-electron chi connectivity index (χ3n) is 7.00. The van der Waals surface area contributed by atoms with E-state index in [4.69, 9.17) is 20.9 Å². The lowest BCUT2D eigenvalue weighted by Crippen LogP contribution is -2.36. The van der Waals surface area contributed by atoms with Crippen LogP contribution in [-0.2, 0) is 6.42 Å². The van der Waals surface area contributed by atoms with Crippen LogP contribution in [0.15, 0.2) is 30.3 Å². The number of nitrogens with zero attached hydrogens (tertiary/aromatic N) is 2. The molecule has 35 heavy (non-hydrogen) atoms. The molecule has 0 saturated carbocycles. The number of hydrogen-bond acceptors (Lipinski definition) is 8. The summed E-state index contributed by atoms with van der Waals surface area (Å²) in [6.07, 6.45) is 3.06. The molecule has 2 aliphatic rings. The zero-order valence-corrected chi connectivity index (χ0v) is 20.9. The van der Waals surface area contributed by atoms with Crippen LogP contribution in [0.4, 0.5) is 22.7 Å². The van der Waals surface area contributed by atoms with Crippen molar-refractivity contribution >= 4 is 22.7 Å². The molecule has 1 atom stereocenters. The van der Waals surface area contributed by atoms with Gasteiger partial charge in [0.2, 0.25) is 0 Å². The quantitative estimate of drug-likeness (QED) is 0.422. The maximum Gasteiger partial charge on any atom is 0.144 e. The third-order valence-corrected chi connectivity index (χ3v) is 7.00. The van der Waals surface area contributed by atoms with Crippen LogP contribution in [0.3, 0.4) is 0 Å². The lowest BCUT2D eigenvalue weighted by atomic mass is 10.0. The molecule has 1 unspecified atom stereocenters. The number of aliphatic hydroxyl groups excluding tert-OH is 2. The van der Waals surface area contributed by atoms with Crippen molar-refractivity contribution < 1.29 is 19.7 Å². The molecule has 2 aromatic carbocycles. The molecule has 2 heterocycles. The molecule has 2 aliphatic heterocycles. The molecule has 6 N–H and O–H groups in total. The van der Waals surface area contributed by atoms with Gasteiger partial charge in [-0.1, -0.05) is 0 Å². The van der Waals surface area contributed by atoms with Gasteiger partial charge >= 0.3 is 0 Å². The molecule has 8 heteroatoms. The third kappa shape index (κ3) is 6.24. The smallest absolute Gasteiger partial charge is 0.144 e. The zero-order valence-electron chi connectivity index (χ0n) is 20.9. The molecular weight excluding hydrogens is 444 g/mol. The number of aliphatic hydroxyl groups is 2. The van der Waals surface area contributed by atoms with Crippen LogP contribution in [0.25, 0.3) is 0 Å². The van der Waals surface area contributed by atoms with Gasteiger partial charge in [-0.05, 0) is 63.3 Å². The monoisotopic (exact) mass is 484 g/mol. The number of benzene rings is 2. The standard InChI is InChI=1S/C27H40N4O4/c1-3-34-26-17-21(31-12-8-23(33)9-13-31)15-19(27(26)29)14-18(2)35-25-16-20(4-5-24(25)28)30-10-6-22(32)7-11-30/h4-5,15-18,22-23,32-33H,3,6-14,28-29H2,1-2H3. The van der Waals surface area contributed by atoms with Crippen molar-refractivity contribution in [3.8, 4) is 11.5 Å². The Bertz CT molecular complexity index is 985. The highest BCUT2D eigenvalue weighted by atomic mass is 16.5. The normalized spacial score (nSPS) is 18.5. The van der Waals surface area contributed by atoms with Crippen molar-refractivity contribution in [1.82, 2.24) is 0 Å². The highest BCUT2D eigenvalue weighted by Gasteiger charge is 2.22. The molecule has 0 aliphatic carbocycles. The minimum absolute atomic E-state index is 0.161. The molecule has 0 radical (unpaired) electrons. The van der Waals surface area contributed by atoms with Gasteiger partial charge in [0.1, 0.15) is 17.6 Å². The summed E-state index contributed by atoms with van der Waals surface area (Å²) in [6, 6.07) is 10.0. The number of nitrogen functional groups attached to an aromatic ring is 2. The number of hydrogen-bond donors (Lipinski definition) is 4. The van der Waals surface area contributed by atoms with Crippen molar-refractivity contribution in [2.75, 3.05) is 54.1 Å². The van der Waals surface area contributed by atoms with Crippen LogP contribution in [0.1, 0.15) is 45.1 Å². The largest absolute Gasteiger partial charge is 0.492 e. The van der Waals surface area contributed by atoms with Gasteiger partial charge in [-0.15, -0.1) is 0 Å². The second-order valence-corrected chi connectivity index (χ2v) is 9.74. The van der Waals surface area contributed by atoms with Gasteiger partial charge in [0, 0.05) is 56.1 Å². The Morgan fingerprint density at radius 3 is 2.06 bits per heavy atom. The molecule has 2 saturated heterocycles. The molecule has 2 fully saturated rings. The molecule has 4 rings (SSSR count). The highest BCUT2D eigenvalue weighted by molar-refractivity contribution is 5.68. The van der Waals surface area contributed by atoms with Crippen molar-refractivity contribution in [2.24, 2.45) is 0 Å². The molecular formula is C27H40N4O4. The van der Waals surface area contributed by atoms with E-state index in [1.165, 1.54) is 0 Å². The predicted octanol–water partition coefficient (Wildman–Crippen LogP) is 3.18. The number of piperidine rings is 2. The molecule has 2 aromatic rings. The zero-order chi connectivity index (χ0) is 24.9. The fraction of sp³-hybridized carbons (Fsp3) is 0.556. The van der Waals surface area contributed by atoms with Gasteiger partial charge in [0.05, 0.1) is 30.2 Å². The van der Waals surface area contributed by atoms with E-state index in [0.29, 0.717) is 35.9 Å². The topological polar surface area (TPSA) is 117 Å². The Morgan fingerprint density at radius 1 is 0.886 bits per heavy atom. The van der Waals surface area contributed by atoms with Gasteiger partial charge in [-0.25, -0.2) is 0 Å². The molecule has 0 spiro atoms. The van der Waals surface area contributed by atoms with E-state index in [-0.39, 0.29) is 18.3 Å². The van der Waals surface area contributed by atoms with Crippen LogP contribution in [0, 0.1) is 0 Å². The summed E-state index contributed by atoms with van der Waals surface area (Å²) in [5.41, 5.74) is 17.1. The molecule has 192 valence electrons. The van der Waals surface area contributed by atoms with Crippen molar-refractivity contribution in [2.45, 2.75) is 64.3 Å². The van der Waals surface area contributed by atoms with E-state index in [2.05, 4.69) is 15.9 Å². The summed E-state index contributed by atoms with van der Waals surface area (Å²) in [5, 5.41) is 19.7. The van der Waals surface area contributed by atoms with E-state index < -0.39 is 0 Å². The first-order chi connectivity index (χ1) is 16.8. The minimum Gasteiger partial charge on any atom is -0.492 e. The van der Waals surface area contributed by atoms with Gasteiger partial charge in [-0.3, -0.25) is 0 Å². The molecule has 0 bridgehead atoms. The van der Waals surface area contributed by atoms with Crippen LogP contribution in [-0.4, -0.2) is 61.3 Å². The summed E-state index contributed by atoms with van der Waals surface area (Å²) in [4.78, 5) is 4.54. The first-order valence-corrected chi connectivity index (χ1v) is 12.8. The Balaban J connectivity index is 1.50. The molecule has 0 amide bonds. The fourth-order valence-corrected chi connectivity index (χ4v) is 4.93. The van der Waals surface area contributed by atoms with E-state index in [1.807, 2.05) is 38.1 Å². The highest BCUT2D eigenvalue weighted by Crippen LogP contribution is 2.35. The van der Waals surface area contributed by atoms with Crippen molar-refractivity contribution in [1.29, 1.82) is 0 Å². The molecule has 0 aromatic heterocycles. The number of anilines is 4. The second kappa shape index (κ2) is 11.3. The van der Waals surface area contributed by atoms with Crippen molar-refractivity contribution in [3.05, 3.63) is 35.9 Å². The summed E-state index contributed by atoms with van der Waals surface area (Å²) < 4.78 is 12.2. The fourth-order valence-electron chi connectivity index (χ4n) is 4.93. The van der Waals surface area contributed by atoms with E-state index >= 15 is 0 Å². The lowest BCUT2D eigenvalue weighted by molar-refractivity contribution is 0.145. The minimum atomic E-state index is -0.226. The second-order valence-electron chi connectivity index (χ2n) is 9.74. The number of ether oxygens (including phenoxy) is 2. The predicted molar refractivity (Wildman–Crippen MR) is 142 cm³/mol. The van der Waals surface area contributed by atoms with Crippen LogP contribution < -0.4 is 30.7 Å². The Labute approximate surface area is 208 Å². The Hall–Kier alpha value is -2.84. The van der Waals surface area contributed by atoms with Gasteiger partial charge in [0.25, 0.3) is 0 Å². The SMILES string of the molecule is CCOc1cc(N2CCC(O)CC2)cc(CC(C)Oc2cc(N3CCC(O)CC3)ccc2N)c1N. The first kappa shape index (κ1) is 25.3. The maximum absolute atomic E-state index is 9.89. The van der Waals surface area contributed by atoms with Gasteiger partial charge in [0.15, 0.2) is 0 Å². The Kier molecular flexibility index (Phi) is 8.13. The van der Waals surface area contributed by atoms with Crippen LogP contribution in [0.5, 0.6) is 11.5 Å². The maximum atomic E-state index is 9.89. The summed E-state index contributed by atoms with van der Waals surface area (Å²) in [7, 11) is 0. The van der Waals surface area contributed by atoms with Gasteiger partial charge in [-0.2, -0.15) is 0 Å². The van der Waals surface area contributed by atoms with Crippen LogP contribution in [0.2, 0.25) is 0 Å². The van der Waals surface area contributed by atoms with Gasteiger partial charge < -0.3 is 41.0 Å². The average Bonchev–Trinajstić information content (AvgIpc) is 2.84. The Morgan fingerprint density at radius 2 is 1.46 bits per heavy atom. The first-order valence-electron chi connectivity index (χ1n) is 12.8. The lowest BCUT2D eigenvalue weighted by Gasteiger charge is -2.32.